The van der Waals surface area contributed by atoms with E-state index in [0.29, 0.717) is 17.5 Å². The van der Waals surface area contributed by atoms with Gasteiger partial charge in [0.1, 0.15) is 11.2 Å². The summed E-state index contributed by atoms with van der Waals surface area (Å²) in [7, 11) is 0. The minimum atomic E-state index is 0.609. The second kappa shape index (κ2) is 11.2. The molecule has 6 heteroatoms. The molecule has 238 valence electrons. The van der Waals surface area contributed by atoms with E-state index in [1.54, 1.807) is 11.3 Å². The van der Waals surface area contributed by atoms with Gasteiger partial charge in [0.2, 0.25) is 0 Å². The van der Waals surface area contributed by atoms with Crippen LogP contribution in [-0.4, -0.2) is 15.0 Å². The maximum atomic E-state index is 6.24. The fraction of sp³-hybridized carbons (Fsp3) is 0. The van der Waals surface area contributed by atoms with E-state index in [4.69, 9.17) is 19.4 Å². The molecule has 11 rings (SSSR count). The number of rotatable bonds is 4. The molecule has 0 N–H and O–H groups in total. The summed E-state index contributed by atoms with van der Waals surface area (Å²) in [6.45, 7) is 0. The molecule has 0 atom stereocenters. The lowest BCUT2D eigenvalue weighted by Crippen LogP contribution is -2.00. The van der Waals surface area contributed by atoms with Crippen molar-refractivity contribution in [1.29, 1.82) is 0 Å². The van der Waals surface area contributed by atoms with Crippen molar-refractivity contribution < 1.29 is 4.42 Å². The van der Waals surface area contributed by atoms with Crippen LogP contribution in [0, 0.1) is 0 Å². The summed E-state index contributed by atoms with van der Waals surface area (Å²) >= 11 is 3.64. The SMILES string of the molecule is c1ccc(-c2nc(-c3ccc4c(c3)oc3ccccc34)nc(-c3cccc4c3sc3ccc(-c5ccc6sc7ccccc7c6c5)cc34)n2)cc1. The lowest BCUT2D eigenvalue weighted by Gasteiger charge is -2.09. The first-order valence-corrected chi connectivity index (χ1v) is 18.5. The van der Waals surface area contributed by atoms with Gasteiger partial charge < -0.3 is 4.42 Å². The summed E-state index contributed by atoms with van der Waals surface area (Å²) in [5.74, 6) is 1.89. The average Bonchev–Trinajstić information content (AvgIpc) is 3.88. The molecule has 0 fully saturated rings. The molecule has 4 heterocycles. The molecule has 51 heavy (non-hydrogen) atoms. The van der Waals surface area contributed by atoms with Crippen LogP contribution >= 0.6 is 22.7 Å². The largest absolute Gasteiger partial charge is 0.456 e. The van der Waals surface area contributed by atoms with E-state index >= 15 is 0 Å². The van der Waals surface area contributed by atoms with Gasteiger partial charge in [0, 0.05) is 67.8 Å². The lowest BCUT2D eigenvalue weighted by molar-refractivity contribution is 0.669. The van der Waals surface area contributed by atoms with Crippen LogP contribution in [-0.2, 0) is 0 Å². The standard InChI is InChI=1S/C45H25N3OS2/c1-2-9-26(10-3-1)43-46-44(29-17-20-31-30-11-4-6-15-37(30)49-38(31)25-29)48-45(47-43)34-14-8-13-33-36-24-28(19-22-41(36)51-42(33)34)27-18-21-40-35(23-27)32-12-5-7-16-39(32)50-40/h1-25H. The number of hydrogen-bond donors (Lipinski definition) is 0. The van der Waals surface area contributed by atoms with E-state index in [1.807, 2.05) is 65.9 Å². The van der Waals surface area contributed by atoms with E-state index < -0.39 is 0 Å². The quantitative estimate of drug-likeness (QED) is 0.185. The molecule has 0 aliphatic rings. The van der Waals surface area contributed by atoms with Gasteiger partial charge in [-0.05, 0) is 65.7 Å². The van der Waals surface area contributed by atoms with Gasteiger partial charge >= 0.3 is 0 Å². The predicted octanol–water partition coefficient (Wildman–Crippen LogP) is 13.2. The summed E-state index contributed by atoms with van der Waals surface area (Å²) in [6.07, 6.45) is 0. The molecule has 7 aromatic carbocycles. The summed E-state index contributed by atoms with van der Waals surface area (Å²) in [5, 5.41) is 7.23. The Morgan fingerprint density at radius 3 is 1.80 bits per heavy atom. The molecule has 0 saturated heterocycles. The van der Waals surface area contributed by atoms with Gasteiger partial charge in [-0.3, -0.25) is 0 Å². The van der Waals surface area contributed by atoms with Crippen molar-refractivity contribution >= 4 is 85.0 Å². The van der Waals surface area contributed by atoms with Gasteiger partial charge in [-0.15, -0.1) is 22.7 Å². The first-order valence-electron chi connectivity index (χ1n) is 16.8. The second-order valence-electron chi connectivity index (χ2n) is 12.8. The van der Waals surface area contributed by atoms with E-state index in [2.05, 4.69) is 97.1 Å². The molecule has 4 nitrogen and oxygen atoms in total. The first-order chi connectivity index (χ1) is 25.2. The molecule has 0 spiro atoms. The second-order valence-corrected chi connectivity index (χ2v) is 14.9. The van der Waals surface area contributed by atoms with Gasteiger partial charge in [-0.25, -0.2) is 15.0 Å². The molecular formula is C45H25N3OS2. The van der Waals surface area contributed by atoms with E-state index in [0.717, 1.165) is 43.3 Å². The van der Waals surface area contributed by atoms with Crippen LogP contribution in [0.25, 0.3) is 108 Å². The monoisotopic (exact) mass is 687 g/mol. The number of nitrogens with zero attached hydrogens (tertiary/aromatic N) is 3. The maximum absolute atomic E-state index is 6.24. The van der Waals surface area contributed by atoms with Crippen molar-refractivity contribution in [3.63, 3.8) is 0 Å². The Morgan fingerprint density at radius 1 is 0.353 bits per heavy atom. The van der Waals surface area contributed by atoms with Crippen LogP contribution in [0.5, 0.6) is 0 Å². The fourth-order valence-electron chi connectivity index (χ4n) is 7.27. The van der Waals surface area contributed by atoms with E-state index in [9.17, 15) is 0 Å². The smallest absolute Gasteiger partial charge is 0.165 e. The molecule has 0 bridgehead atoms. The maximum Gasteiger partial charge on any atom is 0.165 e. The highest BCUT2D eigenvalue weighted by atomic mass is 32.1. The van der Waals surface area contributed by atoms with Gasteiger partial charge in [0.05, 0.1) is 0 Å². The van der Waals surface area contributed by atoms with E-state index in [1.165, 1.54) is 46.8 Å². The highest BCUT2D eigenvalue weighted by molar-refractivity contribution is 7.26. The Morgan fingerprint density at radius 2 is 0.961 bits per heavy atom. The van der Waals surface area contributed by atoms with E-state index in [-0.39, 0.29) is 0 Å². The summed E-state index contributed by atoms with van der Waals surface area (Å²) in [4.78, 5) is 15.2. The number of benzene rings is 7. The Bertz CT molecular complexity index is 3160. The molecule has 11 aromatic rings. The third kappa shape index (κ3) is 4.61. The average molecular weight is 688 g/mol. The van der Waals surface area contributed by atoms with Crippen molar-refractivity contribution in [2.45, 2.75) is 0 Å². The Labute approximate surface area is 299 Å². The Kier molecular flexibility index (Phi) is 6.26. The van der Waals surface area contributed by atoms with Crippen molar-refractivity contribution in [3.05, 3.63) is 152 Å². The van der Waals surface area contributed by atoms with Crippen molar-refractivity contribution in [1.82, 2.24) is 15.0 Å². The van der Waals surface area contributed by atoms with Gasteiger partial charge in [-0.1, -0.05) is 97.1 Å². The molecule has 0 radical (unpaired) electrons. The summed E-state index contributed by atoms with van der Waals surface area (Å²) in [5.41, 5.74) is 6.92. The number of thiophene rings is 2. The molecule has 0 unspecified atom stereocenters. The zero-order chi connectivity index (χ0) is 33.5. The Balaban J connectivity index is 1.07. The van der Waals surface area contributed by atoms with Crippen molar-refractivity contribution in [2.24, 2.45) is 0 Å². The number of furan rings is 1. The van der Waals surface area contributed by atoms with Crippen LogP contribution in [0.2, 0.25) is 0 Å². The van der Waals surface area contributed by atoms with Crippen LogP contribution in [0.1, 0.15) is 0 Å². The number of hydrogen-bond acceptors (Lipinski definition) is 6. The predicted molar refractivity (Wildman–Crippen MR) is 215 cm³/mol. The third-order valence-electron chi connectivity index (χ3n) is 9.75. The zero-order valence-electron chi connectivity index (χ0n) is 27.0. The zero-order valence-corrected chi connectivity index (χ0v) is 28.6. The third-order valence-corrected chi connectivity index (χ3v) is 12.1. The lowest BCUT2D eigenvalue weighted by atomic mass is 10.0. The Hall–Kier alpha value is -6.21. The minimum absolute atomic E-state index is 0.609. The van der Waals surface area contributed by atoms with Crippen molar-refractivity contribution in [2.75, 3.05) is 0 Å². The molecule has 0 aliphatic heterocycles. The highest BCUT2D eigenvalue weighted by Crippen LogP contribution is 2.42. The summed E-state index contributed by atoms with van der Waals surface area (Å²) < 4.78 is 11.3. The number of aromatic nitrogens is 3. The van der Waals surface area contributed by atoms with Gasteiger partial charge in [0.25, 0.3) is 0 Å². The molecule has 0 aliphatic carbocycles. The normalized spacial score (nSPS) is 11.9. The van der Waals surface area contributed by atoms with Crippen LogP contribution in [0.3, 0.4) is 0 Å². The van der Waals surface area contributed by atoms with Gasteiger partial charge in [-0.2, -0.15) is 0 Å². The molecule has 0 amide bonds. The molecule has 0 saturated carbocycles. The highest BCUT2D eigenvalue weighted by Gasteiger charge is 2.18. The molecular weight excluding hydrogens is 663 g/mol. The fourth-order valence-corrected chi connectivity index (χ4v) is 9.55. The molecule has 4 aromatic heterocycles. The van der Waals surface area contributed by atoms with Crippen LogP contribution < -0.4 is 0 Å². The number of para-hydroxylation sites is 1. The summed E-state index contributed by atoms with van der Waals surface area (Å²) in [6, 6.07) is 53.3. The topological polar surface area (TPSA) is 51.8 Å². The minimum Gasteiger partial charge on any atom is -0.456 e. The van der Waals surface area contributed by atoms with Crippen molar-refractivity contribution in [3.8, 4) is 45.3 Å². The van der Waals surface area contributed by atoms with Crippen LogP contribution in [0.15, 0.2) is 156 Å². The van der Waals surface area contributed by atoms with Crippen LogP contribution in [0.4, 0.5) is 0 Å². The van der Waals surface area contributed by atoms with Gasteiger partial charge in [0.15, 0.2) is 17.5 Å². The first kappa shape index (κ1) is 28.6. The number of fused-ring (bicyclic) bond motifs is 9.